The predicted molar refractivity (Wildman–Crippen MR) is 134 cm³/mol. The van der Waals surface area contributed by atoms with Gasteiger partial charge in [-0.05, 0) is 82.2 Å². The SMILES string of the molecule is CCCC1(C)OB(c2cccc(-c3ccc(OCC(OCC)OCC)cc3)c2C)OC1(C)C. The first-order valence-corrected chi connectivity index (χ1v) is 12.2. The molecule has 0 spiro atoms. The predicted octanol–water partition coefficient (Wildman–Crippen LogP) is 5.52. The van der Waals surface area contributed by atoms with E-state index in [2.05, 4.69) is 65.0 Å². The van der Waals surface area contributed by atoms with E-state index in [1.54, 1.807) is 0 Å². The fourth-order valence-electron chi connectivity index (χ4n) is 4.39. The van der Waals surface area contributed by atoms with Crippen LogP contribution in [0.15, 0.2) is 42.5 Å². The highest BCUT2D eigenvalue weighted by Gasteiger charge is 2.54. The fourth-order valence-corrected chi connectivity index (χ4v) is 4.39. The summed E-state index contributed by atoms with van der Waals surface area (Å²) in [5.41, 5.74) is 3.87. The zero-order valence-electron chi connectivity index (χ0n) is 21.3. The van der Waals surface area contributed by atoms with E-state index in [1.165, 1.54) is 5.56 Å². The number of hydrogen-bond acceptors (Lipinski definition) is 5. The maximum atomic E-state index is 6.51. The Bertz CT molecular complexity index is 892. The minimum atomic E-state index is -0.367. The zero-order chi connectivity index (χ0) is 24.1. The standard InChI is InChI=1S/C27H39BO5/c1-8-18-27(7)26(5,6)32-28(33-27)24-13-11-12-23(20(24)4)21-14-16-22(17-15-21)31-19-25(29-9-2)30-10-3/h11-17,25H,8-10,18-19H2,1-7H3. The van der Waals surface area contributed by atoms with Crippen LogP contribution in [0.4, 0.5) is 0 Å². The summed E-state index contributed by atoms with van der Waals surface area (Å²) in [4.78, 5) is 0. The summed E-state index contributed by atoms with van der Waals surface area (Å²) in [6.07, 6.45) is 1.66. The van der Waals surface area contributed by atoms with E-state index in [4.69, 9.17) is 23.5 Å². The molecule has 0 aliphatic carbocycles. The molecule has 33 heavy (non-hydrogen) atoms. The molecule has 0 aromatic heterocycles. The van der Waals surface area contributed by atoms with Crippen molar-refractivity contribution in [3.05, 3.63) is 48.0 Å². The second-order valence-electron chi connectivity index (χ2n) is 9.25. The lowest BCUT2D eigenvalue weighted by Gasteiger charge is -2.36. The van der Waals surface area contributed by atoms with Crippen molar-refractivity contribution in [3.63, 3.8) is 0 Å². The van der Waals surface area contributed by atoms with Crippen molar-refractivity contribution in [1.29, 1.82) is 0 Å². The van der Waals surface area contributed by atoms with E-state index in [9.17, 15) is 0 Å². The fraction of sp³-hybridized carbons (Fsp3) is 0.556. The van der Waals surface area contributed by atoms with Crippen LogP contribution in [0.3, 0.4) is 0 Å². The first-order chi connectivity index (χ1) is 15.7. The maximum absolute atomic E-state index is 6.51. The van der Waals surface area contributed by atoms with Gasteiger partial charge in [0.1, 0.15) is 12.4 Å². The van der Waals surface area contributed by atoms with Crippen molar-refractivity contribution in [2.75, 3.05) is 19.8 Å². The summed E-state index contributed by atoms with van der Waals surface area (Å²) in [5.74, 6) is 0.788. The molecule has 6 heteroatoms. The molecule has 1 unspecified atom stereocenters. The Morgan fingerprint density at radius 1 is 0.909 bits per heavy atom. The van der Waals surface area contributed by atoms with Gasteiger partial charge in [-0.2, -0.15) is 0 Å². The number of hydrogen-bond donors (Lipinski definition) is 0. The summed E-state index contributed by atoms with van der Waals surface area (Å²) in [6.45, 7) is 16.2. The molecule has 1 saturated heterocycles. The average molecular weight is 454 g/mol. The van der Waals surface area contributed by atoms with Crippen molar-refractivity contribution in [1.82, 2.24) is 0 Å². The molecule has 1 heterocycles. The lowest BCUT2D eigenvalue weighted by molar-refractivity contribution is -0.152. The summed E-state index contributed by atoms with van der Waals surface area (Å²) < 4.78 is 29.9. The minimum absolute atomic E-state index is 0.311. The number of ether oxygens (including phenoxy) is 3. The molecule has 0 bridgehead atoms. The van der Waals surface area contributed by atoms with Gasteiger partial charge < -0.3 is 23.5 Å². The van der Waals surface area contributed by atoms with Crippen molar-refractivity contribution >= 4 is 12.6 Å². The highest BCUT2D eigenvalue weighted by atomic mass is 16.7. The first kappa shape index (κ1) is 25.8. The van der Waals surface area contributed by atoms with Gasteiger partial charge in [0.15, 0.2) is 6.29 Å². The second-order valence-corrected chi connectivity index (χ2v) is 9.25. The Morgan fingerprint density at radius 3 is 2.18 bits per heavy atom. The van der Waals surface area contributed by atoms with Gasteiger partial charge in [0.05, 0.1) is 11.2 Å². The molecular weight excluding hydrogens is 415 g/mol. The van der Waals surface area contributed by atoms with Crippen LogP contribution in [0.2, 0.25) is 0 Å². The highest BCUT2D eigenvalue weighted by molar-refractivity contribution is 6.62. The van der Waals surface area contributed by atoms with E-state index >= 15 is 0 Å². The van der Waals surface area contributed by atoms with Crippen LogP contribution in [0.25, 0.3) is 11.1 Å². The molecule has 0 saturated carbocycles. The van der Waals surface area contributed by atoms with Crippen LogP contribution in [0.1, 0.15) is 59.9 Å². The summed E-state index contributed by atoms with van der Waals surface area (Å²) in [6, 6.07) is 14.5. The molecule has 1 atom stereocenters. The third-order valence-electron chi connectivity index (χ3n) is 6.66. The van der Waals surface area contributed by atoms with Crippen LogP contribution >= 0.6 is 0 Å². The third kappa shape index (κ3) is 5.80. The molecule has 0 radical (unpaired) electrons. The smallest absolute Gasteiger partial charge is 0.488 e. The van der Waals surface area contributed by atoms with Crippen molar-refractivity contribution < 1.29 is 23.5 Å². The molecule has 1 aliphatic rings. The highest BCUT2D eigenvalue weighted by Crippen LogP contribution is 2.40. The largest absolute Gasteiger partial charge is 0.495 e. The summed E-state index contributed by atoms with van der Waals surface area (Å²) in [5, 5.41) is 0. The molecule has 1 fully saturated rings. The van der Waals surface area contributed by atoms with Crippen LogP contribution in [0.5, 0.6) is 5.75 Å². The van der Waals surface area contributed by atoms with Crippen molar-refractivity contribution in [2.45, 2.75) is 78.8 Å². The molecule has 5 nitrogen and oxygen atoms in total. The van der Waals surface area contributed by atoms with Crippen LogP contribution in [-0.4, -0.2) is 44.4 Å². The Labute approximate surface area is 199 Å². The molecule has 3 rings (SSSR count). The molecule has 0 amide bonds. The number of benzene rings is 2. The van der Waals surface area contributed by atoms with Crippen molar-refractivity contribution in [2.24, 2.45) is 0 Å². The average Bonchev–Trinajstić information content (AvgIpc) is 3.01. The summed E-state index contributed by atoms with van der Waals surface area (Å²) in [7, 11) is -0.367. The summed E-state index contributed by atoms with van der Waals surface area (Å²) >= 11 is 0. The maximum Gasteiger partial charge on any atom is 0.495 e. The quantitative estimate of drug-likeness (QED) is 0.331. The van der Waals surface area contributed by atoms with E-state index in [1.807, 2.05) is 26.0 Å². The monoisotopic (exact) mass is 454 g/mol. The Morgan fingerprint density at radius 2 is 1.58 bits per heavy atom. The molecule has 2 aromatic carbocycles. The van der Waals surface area contributed by atoms with Crippen LogP contribution < -0.4 is 10.2 Å². The normalized spacial score (nSPS) is 19.9. The van der Waals surface area contributed by atoms with Gasteiger partial charge in [-0.15, -0.1) is 0 Å². The molecule has 1 aliphatic heterocycles. The van der Waals surface area contributed by atoms with E-state index in [0.717, 1.165) is 35.2 Å². The molecule has 0 N–H and O–H groups in total. The van der Waals surface area contributed by atoms with Gasteiger partial charge in [-0.3, -0.25) is 0 Å². The Kier molecular flexibility index (Phi) is 8.62. The van der Waals surface area contributed by atoms with Gasteiger partial charge in [0, 0.05) is 13.2 Å². The van der Waals surface area contributed by atoms with Crippen molar-refractivity contribution in [3.8, 4) is 16.9 Å². The topological polar surface area (TPSA) is 46.2 Å². The second kappa shape index (κ2) is 11.0. The van der Waals surface area contributed by atoms with Gasteiger partial charge in [0.2, 0.25) is 0 Å². The third-order valence-corrected chi connectivity index (χ3v) is 6.66. The Balaban J connectivity index is 1.76. The molecule has 180 valence electrons. The Hall–Kier alpha value is -1.86. The van der Waals surface area contributed by atoms with Gasteiger partial charge in [0.25, 0.3) is 0 Å². The minimum Gasteiger partial charge on any atom is -0.488 e. The van der Waals surface area contributed by atoms with Gasteiger partial charge in [-0.25, -0.2) is 0 Å². The van der Waals surface area contributed by atoms with Gasteiger partial charge in [-0.1, -0.05) is 43.7 Å². The van der Waals surface area contributed by atoms with E-state index < -0.39 is 0 Å². The molecule has 2 aromatic rings. The lowest BCUT2D eigenvalue weighted by atomic mass is 9.74. The lowest BCUT2D eigenvalue weighted by Crippen LogP contribution is -2.44. The van der Waals surface area contributed by atoms with Crippen LogP contribution in [0, 0.1) is 6.92 Å². The van der Waals surface area contributed by atoms with Gasteiger partial charge >= 0.3 is 7.12 Å². The van der Waals surface area contributed by atoms with Crippen LogP contribution in [-0.2, 0) is 18.8 Å². The first-order valence-electron chi connectivity index (χ1n) is 12.2. The van der Waals surface area contributed by atoms with E-state index in [0.29, 0.717) is 19.8 Å². The van der Waals surface area contributed by atoms with E-state index in [-0.39, 0.29) is 24.6 Å². The molecular formula is C27H39BO5. The zero-order valence-corrected chi connectivity index (χ0v) is 21.3. The number of rotatable bonds is 11.